The fourth-order valence-corrected chi connectivity index (χ4v) is 5.69. The Hall–Kier alpha value is -1.08. The van der Waals surface area contributed by atoms with E-state index in [4.69, 9.17) is 0 Å². The molecule has 0 atom stereocenters. The number of unbranched alkanes of at least 4 members (excludes halogenated alkanes) is 1. The van der Waals surface area contributed by atoms with E-state index in [1.165, 1.54) is 24.8 Å². The average Bonchev–Trinajstić information content (AvgIpc) is 2.45. The smallest absolute Gasteiger partial charge is 0.0760 e. The van der Waals surface area contributed by atoms with E-state index in [0.717, 1.165) is 0 Å². The Morgan fingerprint density at radius 1 is 1.12 bits per heavy atom. The van der Waals surface area contributed by atoms with Gasteiger partial charge in [-0.15, -0.1) is 0 Å². The minimum atomic E-state index is -1.43. The zero-order valence-corrected chi connectivity index (χ0v) is 12.2. The van der Waals surface area contributed by atoms with Gasteiger partial charge in [0.05, 0.1) is 0 Å². The summed E-state index contributed by atoms with van der Waals surface area (Å²) in [6, 6.07) is 8.91. The Morgan fingerprint density at radius 2 is 1.88 bits per heavy atom. The van der Waals surface area contributed by atoms with Crippen molar-refractivity contribution in [1.82, 2.24) is 0 Å². The third-order valence-electron chi connectivity index (χ3n) is 3.81. The molecule has 0 N–H and O–H groups in total. The topological polar surface area (TPSA) is 0 Å². The lowest BCUT2D eigenvalue weighted by atomic mass is 10.2. The van der Waals surface area contributed by atoms with Gasteiger partial charge in [0.2, 0.25) is 0 Å². The van der Waals surface area contributed by atoms with Crippen molar-refractivity contribution in [3.05, 3.63) is 47.2 Å². The van der Waals surface area contributed by atoms with Crippen LogP contribution in [0.1, 0.15) is 31.7 Å². The van der Waals surface area contributed by atoms with E-state index < -0.39 is 8.07 Å². The van der Waals surface area contributed by atoms with Crippen LogP contribution >= 0.6 is 0 Å². The van der Waals surface area contributed by atoms with Crippen molar-refractivity contribution in [2.24, 2.45) is 0 Å². The van der Waals surface area contributed by atoms with Gasteiger partial charge >= 0.3 is 0 Å². The molecule has 17 heavy (non-hydrogen) atoms. The number of benzene rings is 1. The second-order valence-corrected chi connectivity index (χ2v) is 9.80. The molecule has 0 aromatic heterocycles. The molecule has 1 aromatic carbocycles. The summed E-state index contributed by atoms with van der Waals surface area (Å²) in [5.74, 6) is 0. The van der Waals surface area contributed by atoms with E-state index in [9.17, 15) is 0 Å². The Labute approximate surface area is 106 Å². The molecule has 0 aliphatic carbocycles. The van der Waals surface area contributed by atoms with Crippen molar-refractivity contribution in [3.8, 4) is 0 Å². The first kappa shape index (κ1) is 12.4. The summed E-state index contributed by atoms with van der Waals surface area (Å²) < 4.78 is 0. The Bertz CT molecular complexity index is 452. The molecule has 0 unspecified atom stereocenters. The summed E-state index contributed by atoms with van der Waals surface area (Å²) in [5, 5.41) is 3.29. The second-order valence-electron chi connectivity index (χ2n) is 5.37. The first-order chi connectivity index (χ1) is 8.16. The molecule has 1 aliphatic heterocycles. The van der Waals surface area contributed by atoms with Crippen molar-refractivity contribution in [1.29, 1.82) is 0 Å². The van der Waals surface area contributed by atoms with Crippen molar-refractivity contribution in [3.63, 3.8) is 0 Å². The van der Waals surface area contributed by atoms with Crippen LogP contribution in [0.3, 0.4) is 0 Å². The SMILES string of the molecule is CCCCC1=CC=Cc2ccccc2[Si]1(C)C. The van der Waals surface area contributed by atoms with Gasteiger partial charge in [-0.1, -0.05) is 80.5 Å². The molecule has 1 heterocycles. The molecule has 1 aromatic rings. The molecule has 0 nitrogen and oxygen atoms in total. The first-order valence-corrected chi connectivity index (χ1v) is 9.63. The largest absolute Gasteiger partial charge is 0.108 e. The zero-order valence-electron chi connectivity index (χ0n) is 11.2. The van der Waals surface area contributed by atoms with Crippen molar-refractivity contribution in [2.75, 3.05) is 0 Å². The van der Waals surface area contributed by atoms with Gasteiger partial charge in [-0.2, -0.15) is 0 Å². The van der Waals surface area contributed by atoms with Crippen molar-refractivity contribution >= 4 is 19.3 Å². The number of fused-ring (bicyclic) bond motifs is 1. The number of allylic oxidation sites excluding steroid dienone is 3. The summed E-state index contributed by atoms with van der Waals surface area (Å²) in [6.45, 7) is 7.25. The zero-order chi connectivity index (χ0) is 12.3. The molecule has 0 spiro atoms. The molecule has 1 heteroatoms. The standard InChI is InChI=1S/C16H22Si/c1-4-5-11-15-12-8-10-14-9-6-7-13-16(14)17(15,2)3/h6-10,12-13H,4-5,11H2,1-3H3. The maximum absolute atomic E-state index is 2.49. The van der Waals surface area contributed by atoms with E-state index >= 15 is 0 Å². The van der Waals surface area contributed by atoms with Crippen LogP contribution in [0.4, 0.5) is 0 Å². The van der Waals surface area contributed by atoms with Crippen LogP contribution < -0.4 is 5.19 Å². The molecular weight excluding hydrogens is 220 g/mol. The summed E-state index contributed by atoms with van der Waals surface area (Å²) in [6.07, 6.45) is 10.8. The highest BCUT2D eigenvalue weighted by atomic mass is 28.3. The highest BCUT2D eigenvalue weighted by molar-refractivity contribution is 6.96. The van der Waals surface area contributed by atoms with Gasteiger partial charge < -0.3 is 0 Å². The van der Waals surface area contributed by atoms with Gasteiger partial charge in [0.25, 0.3) is 0 Å². The third-order valence-corrected chi connectivity index (χ3v) is 7.63. The molecule has 0 saturated carbocycles. The summed E-state index contributed by atoms with van der Waals surface area (Å²) in [5.41, 5.74) is 1.42. The van der Waals surface area contributed by atoms with Gasteiger partial charge in [0, 0.05) is 0 Å². The van der Waals surface area contributed by atoms with Gasteiger partial charge in [0.15, 0.2) is 0 Å². The molecule has 2 rings (SSSR count). The Kier molecular flexibility index (Phi) is 3.68. The number of hydrogen-bond acceptors (Lipinski definition) is 0. The van der Waals surface area contributed by atoms with Crippen LogP contribution in [0.5, 0.6) is 0 Å². The molecule has 0 amide bonds. The van der Waals surface area contributed by atoms with Crippen LogP contribution in [-0.2, 0) is 0 Å². The second kappa shape index (κ2) is 5.05. The summed E-state index contributed by atoms with van der Waals surface area (Å²) >= 11 is 0. The average molecular weight is 242 g/mol. The molecule has 0 bridgehead atoms. The molecule has 0 saturated heterocycles. The van der Waals surface area contributed by atoms with E-state index in [1.54, 1.807) is 10.4 Å². The lowest BCUT2D eigenvalue weighted by molar-refractivity contribution is 0.803. The van der Waals surface area contributed by atoms with Crippen LogP contribution in [-0.4, -0.2) is 8.07 Å². The summed E-state index contributed by atoms with van der Waals surface area (Å²) in [7, 11) is -1.43. The van der Waals surface area contributed by atoms with Crippen LogP contribution in [0.25, 0.3) is 6.08 Å². The maximum Gasteiger partial charge on any atom is 0.108 e. The first-order valence-electron chi connectivity index (χ1n) is 6.63. The van der Waals surface area contributed by atoms with E-state index in [-0.39, 0.29) is 0 Å². The molecular formula is C16H22Si. The monoisotopic (exact) mass is 242 g/mol. The molecule has 0 radical (unpaired) electrons. The predicted molar refractivity (Wildman–Crippen MR) is 80.2 cm³/mol. The van der Waals surface area contributed by atoms with E-state index in [1.807, 2.05) is 0 Å². The van der Waals surface area contributed by atoms with Gasteiger partial charge in [-0.25, -0.2) is 0 Å². The lowest BCUT2D eigenvalue weighted by Gasteiger charge is -2.27. The fourth-order valence-electron chi connectivity index (χ4n) is 2.62. The predicted octanol–water partition coefficient (Wildman–Crippen LogP) is 4.28. The quantitative estimate of drug-likeness (QED) is 0.694. The van der Waals surface area contributed by atoms with Crippen LogP contribution in [0.15, 0.2) is 41.6 Å². The van der Waals surface area contributed by atoms with Crippen molar-refractivity contribution in [2.45, 2.75) is 39.3 Å². The maximum atomic E-state index is 2.49. The fraction of sp³-hybridized carbons (Fsp3) is 0.375. The highest BCUT2D eigenvalue weighted by Gasteiger charge is 2.29. The lowest BCUT2D eigenvalue weighted by Crippen LogP contribution is -2.44. The van der Waals surface area contributed by atoms with Crippen molar-refractivity contribution < 1.29 is 0 Å². The van der Waals surface area contributed by atoms with Gasteiger partial charge in [0.1, 0.15) is 8.07 Å². The van der Waals surface area contributed by atoms with E-state index in [0.29, 0.717) is 0 Å². The summed E-state index contributed by atoms with van der Waals surface area (Å²) in [4.78, 5) is 0. The highest BCUT2D eigenvalue weighted by Crippen LogP contribution is 2.25. The normalized spacial score (nSPS) is 17.2. The minimum Gasteiger partial charge on any atom is -0.0760 e. The van der Waals surface area contributed by atoms with E-state index in [2.05, 4.69) is 62.5 Å². The van der Waals surface area contributed by atoms with Gasteiger partial charge in [-0.05, 0) is 17.2 Å². The van der Waals surface area contributed by atoms with Crippen LogP contribution in [0, 0.1) is 0 Å². The Balaban J connectivity index is 2.41. The molecule has 0 fully saturated rings. The minimum absolute atomic E-state index is 1.27. The third kappa shape index (κ3) is 2.44. The van der Waals surface area contributed by atoms with Crippen LogP contribution in [0.2, 0.25) is 13.1 Å². The number of hydrogen-bond donors (Lipinski definition) is 0. The number of rotatable bonds is 3. The molecule has 1 aliphatic rings. The van der Waals surface area contributed by atoms with Gasteiger partial charge in [-0.3, -0.25) is 0 Å². The Morgan fingerprint density at radius 3 is 2.65 bits per heavy atom. The molecule has 90 valence electrons.